The smallest absolute Gasteiger partial charge is 0.317 e. The second kappa shape index (κ2) is 7.35. The normalized spacial score (nSPS) is 15.8. The van der Waals surface area contributed by atoms with Gasteiger partial charge in [-0.05, 0) is 57.9 Å². The van der Waals surface area contributed by atoms with E-state index in [9.17, 15) is 4.79 Å². The number of aromatic nitrogens is 2. The van der Waals surface area contributed by atoms with Crippen LogP contribution < -0.4 is 10.1 Å². The third-order valence-electron chi connectivity index (χ3n) is 4.40. The summed E-state index contributed by atoms with van der Waals surface area (Å²) in [5.74, 6) is 2.20. The van der Waals surface area contributed by atoms with Crippen molar-refractivity contribution >= 4 is 6.03 Å². The Balaban J connectivity index is 1.60. The molecule has 1 fully saturated rings. The average Bonchev–Trinajstić information content (AvgIpc) is 3.10. The molecule has 1 saturated heterocycles. The van der Waals surface area contributed by atoms with Crippen molar-refractivity contribution in [3.05, 3.63) is 30.2 Å². The van der Waals surface area contributed by atoms with Crippen LogP contribution in [0.5, 0.6) is 5.75 Å². The molecule has 0 bridgehead atoms. The summed E-state index contributed by atoms with van der Waals surface area (Å²) in [6, 6.07) is 7.55. The summed E-state index contributed by atoms with van der Waals surface area (Å²) in [4.78, 5) is 18.7. The molecule has 1 aromatic heterocycles. The van der Waals surface area contributed by atoms with Gasteiger partial charge in [0, 0.05) is 30.1 Å². The number of nitrogens with zero attached hydrogens (tertiary/aromatic N) is 3. The first-order valence-corrected chi connectivity index (χ1v) is 8.91. The number of methoxy groups -OCH3 is 1. The molecule has 2 amide bonds. The van der Waals surface area contributed by atoms with Crippen LogP contribution in [0.1, 0.15) is 45.4 Å². The molecule has 1 aromatic carbocycles. The third-order valence-corrected chi connectivity index (χ3v) is 4.40. The number of benzene rings is 1. The number of urea groups is 1. The van der Waals surface area contributed by atoms with Crippen molar-refractivity contribution in [1.82, 2.24) is 20.4 Å². The number of piperidine rings is 1. The van der Waals surface area contributed by atoms with E-state index in [0.717, 1.165) is 24.2 Å². The van der Waals surface area contributed by atoms with Gasteiger partial charge in [-0.25, -0.2) is 4.79 Å². The standard InChI is InChI=1S/C19H26N4O3/c1-19(2,3)21-18(24)23-11-9-14(10-12-23)17-20-16(22-26-17)13-5-7-15(25-4)8-6-13/h5-8,14H,9-12H2,1-4H3,(H,21,24). The Kier molecular flexibility index (Phi) is 5.15. The van der Waals surface area contributed by atoms with Gasteiger partial charge < -0.3 is 19.5 Å². The van der Waals surface area contributed by atoms with Gasteiger partial charge in [0.05, 0.1) is 7.11 Å². The summed E-state index contributed by atoms with van der Waals surface area (Å²) in [6.07, 6.45) is 1.64. The number of likely N-dealkylation sites (tertiary alicyclic amines) is 1. The molecule has 26 heavy (non-hydrogen) atoms. The molecular weight excluding hydrogens is 332 g/mol. The Labute approximate surface area is 153 Å². The van der Waals surface area contributed by atoms with Crippen LogP contribution in [-0.4, -0.2) is 46.8 Å². The average molecular weight is 358 g/mol. The molecule has 7 nitrogen and oxygen atoms in total. The fraction of sp³-hybridized carbons (Fsp3) is 0.526. The molecular formula is C19H26N4O3. The minimum Gasteiger partial charge on any atom is -0.497 e. The Morgan fingerprint density at radius 1 is 1.23 bits per heavy atom. The Morgan fingerprint density at radius 3 is 2.46 bits per heavy atom. The zero-order chi connectivity index (χ0) is 18.7. The summed E-state index contributed by atoms with van der Waals surface area (Å²) in [7, 11) is 1.63. The maximum Gasteiger partial charge on any atom is 0.317 e. The minimum atomic E-state index is -0.228. The summed E-state index contributed by atoms with van der Waals surface area (Å²) in [5, 5.41) is 7.10. The van der Waals surface area contributed by atoms with Gasteiger partial charge in [-0.15, -0.1) is 0 Å². The molecule has 0 radical (unpaired) electrons. The van der Waals surface area contributed by atoms with Gasteiger partial charge in [-0.1, -0.05) is 5.16 Å². The van der Waals surface area contributed by atoms with Gasteiger partial charge in [-0.2, -0.15) is 4.98 Å². The molecule has 0 spiro atoms. The van der Waals surface area contributed by atoms with E-state index in [4.69, 9.17) is 9.26 Å². The Morgan fingerprint density at radius 2 is 1.88 bits per heavy atom. The molecule has 2 aromatic rings. The first-order valence-electron chi connectivity index (χ1n) is 8.91. The SMILES string of the molecule is COc1ccc(-c2noc(C3CCN(C(=O)NC(C)(C)C)CC3)n2)cc1. The predicted molar refractivity (Wildman–Crippen MR) is 98.1 cm³/mol. The quantitative estimate of drug-likeness (QED) is 0.909. The number of hydrogen-bond acceptors (Lipinski definition) is 5. The van der Waals surface area contributed by atoms with Crippen molar-refractivity contribution in [2.45, 2.75) is 45.1 Å². The van der Waals surface area contributed by atoms with E-state index in [1.165, 1.54) is 0 Å². The fourth-order valence-corrected chi connectivity index (χ4v) is 2.99. The van der Waals surface area contributed by atoms with Crippen LogP contribution in [0.4, 0.5) is 4.79 Å². The van der Waals surface area contributed by atoms with Crippen molar-refractivity contribution in [3.63, 3.8) is 0 Å². The predicted octanol–water partition coefficient (Wildman–Crippen LogP) is 3.43. The molecule has 1 aliphatic rings. The third kappa shape index (κ3) is 4.33. The number of nitrogens with one attached hydrogen (secondary N) is 1. The van der Waals surface area contributed by atoms with Crippen molar-refractivity contribution in [2.24, 2.45) is 0 Å². The van der Waals surface area contributed by atoms with Gasteiger partial charge in [0.15, 0.2) is 0 Å². The highest BCUT2D eigenvalue weighted by Crippen LogP contribution is 2.29. The fourth-order valence-electron chi connectivity index (χ4n) is 2.99. The van der Waals surface area contributed by atoms with Crippen LogP contribution in [0.15, 0.2) is 28.8 Å². The molecule has 0 saturated carbocycles. The number of carbonyl (C=O) groups excluding carboxylic acids is 1. The largest absolute Gasteiger partial charge is 0.497 e. The topological polar surface area (TPSA) is 80.5 Å². The lowest BCUT2D eigenvalue weighted by molar-refractivity contribution is 0.167. The van der Waals surface area contributed by atoms with Crippen molar-refractivity contribution in [3.8, 4) is 17.1 Å². The highest BCUT2D eigenvalue weighted by atomic mass is 16.5. The summed E-state index contributed by atoms with van der Waals surface area (Å²) >= 11 is 0. The monoisotopic (exact) mass is 358 g/mol. The van der Waals surface area contributed by atoms with Crippen LogP contribution >= 0.6 is 0 Å². The lowest BCUT2D eigenvalue weighted by Crippen LogP contribution is -2.50. The summed E-state index contributed by atoms with van der Waals surface area (Å²) < 4.78 is 10.6. The second-order valence-electron chi connectivity index (χ2n) is 7.63. The number of ether oxygens (including phenoxy) is 1. The maximum absolute atomic E-state index is 12.3. The minimum absolute atomic E-state index is 0.0135. The molecule has 140 valence electrons. The van der Waals surface area contributed by atoms with Crippen LogP contribution in [0.3, 0.4) is 0 Å². The van der Waals surface area contributed by atoms with Gasteiger partial charge >= 0.3 is 6.03 Å². The maximum atomic E-state index is 12.3. The van der Waals surface area contributed by atoms with Crippen LogP contribution in [0.25, 0.3) is 11.4 Å². The van der Waals surface area contributed by atoms with E-state index < -0.39 is 0 Å². The molecule has 7 heteroatoms. The molecule has 1 N–H and O–H groups in total. The zero-order valence-electron chi connectivity index (χ0n) is 15.8. The first-order chi connectivity index (χ1) is 12.4. The van der Waals surface area contributed by atoms with Gasteiger partial charge in [0.1, 0.15) is 5.75 Å². The lowest BCUT2D eigenvalue weighted by atomic mass is 9.97. The summed E-state index contributed by atoms with van der Waals surface area (Å²) in [6.45, 7) is 7.32. The number of carbonyl (C=O) groups is 1. The van der Waals surface area contributed by atoms with Crippen LogP contribution in [0.2, 0.25) is 0 Å². The molecule has 3 rings (SSSR count). The molecule has 0 unspecified atom stereocenters. The van der Waals surface area contributed by atoms with Gasteiger partial charge in [0.25, 0.3) is 0 Å². The Hall–Kier alpha value is -2.57. The van der Waals surface area contributed by atoms with Gasteiger partial charge in [-0.3, -0.25) is 0 Å². The van der Waals surface area contributed by atoms with E-state index in [2.05, 4.69) is 15.5 Å². The molecule has 2 heterocycles. The van der Waals surface area contributed by atoms with Crippen molar-refractivity contribution < 1.29 is 14.1 Å². The summed E-state index contributed by atoms with van der Waals surface area (Å²) in [5.41, 5.74) is 0.663. The van der Waals surface area contributed by atoms with E-state index in [1.54, 1.807) is 7.11 Å². The first kappa shape index (κ1) is 18.2. The lowest BCUT2D eigenvalue weighted by Gasteiger charge is -2.33. The van der Waals surface area contributed by atoms with Crippen LogP contribution in [0, 0.1) is 0 Å². The second-order valence-corrected chi connectivity index (χ2v) is 7.63. The van der Waals surface area contributed by atoms with Crippen molar-refractivity contribution in [1.29, 1.82) is 0 Å². The molecule has 0 atom stereocenters. The highest BCUT2D eigenvalue weighted by Gasteiger charge is 2.29. The number of amides is 2. The van der Waals surface area contributed by atoms with Crippen LogP contribution in [-0.2, 0) is 0 Å². The Bertz CT molecular complexity index is 741. The van der Waals surface area contributed by atoms with E-state index in [0.29, 0.717) is 24.8 Å². The van der Waals surface area contributed by atoms with Crippen molar-refractivity contribution in [2.75, 3.05) is 20.2 Å². The molecule has 0 aliphatic carbocycles. The van der Waals surface area contributed by atoms with E-state index in [-0.39, 0.29) is 17.5 Å². The number of rotatable bonds is 3. The molecule has 1 aliphatic heterocycles. The number of hydrogen-bond donors (Lipinski definition) is 1. The highest BCUT2D eigenvalue weighted by molar-refractivity contribution is 5.75. The zero-order valence-corrected chi connectivity index (χ0v) is 15.8. The van der Waals surface area contributed by atoms with E-state index in [1.807, 2.05) is 49.9 Å². The van der Waals surface area contributed by atoms with E-state index >= 15 is 0 Å². The van der Waals surface area contributed by atoms with Gasteiger partial charge in [0.2, 0.25) is 11.7 Å².